The number of rotatable bonds is 3. The minimum absolute atomic E-state index is 0.425. The predicted molar refractivity (Wildman–Crippen MR) is 58.3 cm³/mol. The number of Topliss-reactive ketones (excluding diaryl/α,β-unsaturated/α-hetero) is 1. The smallest absolute Gasteiger partial charge is 0.289 e. The molecule has 0 aliphatic rings. The molecule has 1 aromatic rings. The Morgan fingerprint density at radius 2 is 1.87 bits per heavy atom. The lowest BCUT2D eigenvalue weighted by Gasteiger charge is -2.16. The van der Waals surface area contributed by atoms with Gasteiger partial charge in [0.1, 0.15) is 0 Å². The number of ketones is 1. The van der Waals surface area contributed by atoms with E-state index in [0.29, 0.717) is 6.54 Å². The second-order valence-corrected chi connectivity index (χ2v) is 3.64. The summed E-state index contributed by atoms with van der Waals surface area (Å²) in [6.07, 6.45) is 0. The van der Waals surface area contributed by atoms with Gasteiger partial charge < -0.3 is 4.90 Å². The summed E-state index contributed by atoms with van der Waals surface area (Å²) in [5.74, 6) is -0.871. The van der Waals surface area contributed by atoms with E-state index >= 15 is 0 Å². The molecule has 0 N–H and O–H groups in total. The Kier molecular flexibility index (Phi) is 3.61. The van der Waals surface area contributed by atoms with Crippen LogP contribution < -0.4 is 0 Å². The van der Waals surface area contributed by atoms with Crippen LogP contribution in [0.25, 0.3) is 0 Å². The molecular weight excluding hydrogens is 190 g/mol. The third kappa shape index (κ3) is 2.91. The molecule has 0 aliphatic heterocycles. The fraction of sp³-hybridized carbons (Fsp3) is 0.333. The van der Waals surface area contributed by atoms with Crippen LogP contribution in [0.2, 0.25) is 0 Å². The van der Waals surface area contributed by atoms with Crippen molar-refractivity contribution in [3.63, 3.8) is 0 Å². The van der Waals surface area contributed by atoms with Crippen molar-refractivity contribution in [3.8, 4) is 0 Å². The highest BCUT2D eigenvalue weighted by molar-refractivity contribution is 6.34. The number of benzene rings is 1. The molecule has 80 valence electrons. The first-order valence-corrected chi connectivity index (χ1v) is 4.83. The van der Waals surface area contributed by atoms with Crippen molar-refractivity contribution in [2.24, 2.45) is 0 Å². The lowest BCUT2D eigenvalue weighted by atomic mass is 10.1. The summed E-state index contributed by atoms with van der Waals surface area (Å²) in [4.78, 5) is 23.6. The molecule has 0 spiro atoms. The molecule has 0 saturated carbocycles. The maximum absolute atomic E-state index is 11.3. The van der Waals surface area contributed by atoms with E-state index in [1.54, 1.807) is 7.05 Å². The van der Waals surface area contributed by atoms with Crippen LogP contribution in [-0.4, -0.2) is 23.6 Å². The highest BCUT2D eigenvalue weighted by Gasteiger charge is 2.14. The molecule has 0 aliphatic carbocycles. The molecule has 1 amide bonds. The zero-order valence-electron chi connectivity index (χ0n) is 9.28. The summed E-state index contributed by atoms with van der Waals surface area (Å²) >= 11 is 0. The van der Waals surface area contributed by atoms with Gasteiger partial charge in [0, 0.05) is 20.5 Å². The maximum Gasteiger partial charge on any atom is 0.289 e. The van der Waals surface area contributed by atoms with Gasteiger partial charge in [0.25, 0.3) is 5.91 Å². The number of carbonyl (C=O) groups excluding carboxylic acids is 2. The van der Waals surface area contributed by atoms with Crippen molar-refractivity contribution in [3.05, 3.63) is 35.4 Å². The summed E-state index contributed by atoms with van der Waals surface area (Å²) in [5, 5.41) is 0. The van der Waals surface area contributed by atoms with Crippen molar-refractivity contribution in [1.29, 1.82) is 0 Å². The van der Waals surface area contributed by atoms with Gasteiger partial charge in [-0.1, -0.05) is 24.3 Å². The standard InChI is InChI=1S/C12H15NO2/c1-9-6-4-5-7-11(9)8-13(3)12(15)10(2)14/h4-7H,8H2,1-3H3. The van der Waals surface area contributed by atoms with Crippen LogP contribution in [0.4, 0.5) is 0 Å². The summed E-state index contributed by atoms with van der Waals surface area (Å²) in [6, 6.07) is 7.82. The third-order valence-electron chi connectivity index (χ3n) is 2.32. The van der Waals surface area contributed by atoms with Crippen LogP contribution in [0.3, 0.4) is 0 Å². The number of hydrogen-bond donors (Lipinski definition) is 0. The van der Waals surface area contributed by atoms with Gasteiger partial charge in [0.2, 0.25) is 5.78 Å². The van der Waals surface area contributed by atoms with Gasteiger partial charge in [0.05, 0.1) is 0 Å². The van der Waals surface area contributed by atoms with Crippen LogP contribution in [0.5, 0.6) is 0 Å². The van der Waals surface area contributed by atoms with Crippen molar-refractivity contribution in [1.82, 2.24) is 4.90 Å². The van der Waals surface area contributed by atoms with E-state index in [2.05, 4.69) is 0 Å². The molecule has 0 heterocycles. The van der Waals surface area contributed by atoms with E-state index in [1.807, 2.05) is 31.2 Å². The summed E-state index contributed by atoms with van der Waals surface area (Å²) in [5.41, 5.74) is 2.19. The first-order chi connectivity index (χ1) is 7.02. The molecule has 3 heteroatoms. The third-order valence-corrected chi connectivity index (χ3v) is 2.32. The molecule has 1 aromatic carbocycles. The van der Waals surface area contributed by atoms with Gasteiger partial charge in [-0.15, -0.1) is 0 Å². The van der Waals surface area contributed by atoms with Gasteiger partial charge in [-0.2, -0.15) is 0 Å². The van der Waals surface area contributed by atoms with Gasteiger partial charge >= 0.3 is 0 Å². The second kappa shape index (κ2) is 4.73. The molecule has 15 heavy (non-hydrogen) atoms. The molecule has 0 saturated heterocycles. The highest BCUT2D eigenvalue weighted by Crippen LogP contribution is 2.09. The van der Waals surface area contributed by atoms with Gasteiger partial charge in [0.15, 0.2) is 0 Å². The Morgan fingerprint density at radius 3 is 2.40 bits per heavy atom. The number of nitrogens with zero attached hydrogens (tertiary/aromatic N) is 1. The zero-order valence-corrected chi connectivity index (χ0v) is 9.28. The summed E-state index contributed by atoms with van der Waals surface area (Å²) < 4.78 is 0. The normalized spacial score (nSPS) is 9.80. The highest BCUT2D eigenvalue weighted by atomic mass is 16.2. The number of carbonyl (C=O) groups is 2. The van der Waals surface area contributed by atoms with Crippen LogP contribution in [0.1, 0.15) is 18.1 Å². The molecule has 0 unspecified atom stereocenters. The molecular formula is C12H15NO2. The first kappa shape index (κ1) is 11.4. The Bertz CT molecular complexity index is 385. The number of amides is 1. The van der Waals surface area contributed by atoms with Crippen molar-refractivity contribution in [2.75, 3.05) is 7.05 Å². The second-order valence-electron chi connectivity index (χ2n) is 3.64. The summed E-state index contributed by atoms with van der Waals surface area (Å²) in [6.45, 7) is 3.75. The Labute approximate surface area is 89.7 Å². The predicted octanol–water partition coefficient (Wildman–Crippen LogP) is 1.54. The average Bonchev–Trinajstić information content (AvgIpc) is 2.20. The van der Waals surface area contributed by atoms with Gasteiger partial charge in [-0.05, 0) is 18.1 Å². The minimum atomic E-state index is -0.446. The molecule has 0 bridgehead atoms. The van der Waals surface area contributed by atoms with Crippen molar-refractivity contribution in [2.45, 2.75) is 20.4 Å². The topological polar surface area (TPSA) is 37.4 Å². The van der Waals surface area contributed by atoms with E-state index < -0.39 is 11.7 Å². The Hall–Kier alpha value is -1.64. The monoisotopic (exact) mass is 205 g/mol. The minimum Gasteiger partial charge on any atom is -0.335 e. The maximum atomic E-state index is 11.3. The molecule has 0 aromatic heterocycles. The van der Waals surface area contributed by atoms with E-state index in [1.165, 1.54) is 11.8 Å². The first-order valence-electron chi connectivity index (χ1n) is 4.83. The SMILES string of the molecule is CC(=O)C(=O)N(C)Cc1ccccc1C. The quantitative estimate of drug-likeness (QED) is 0.702. The number of hydrogen-bond acceptors (Lipinski definition) is 2. The van der Waals surface area contributed by atoms with E-state index in [9.17, 15) is 9.59 Å². The number of likely N-dealkylation sites (N-methyl/N-ethyl adjacent to an activating group) is 1. The Morgan fingerprint density at radius 1 is 1.27 bits per heavy atom. The lowest BCUT2D eigenvalue weighted by Crippen LogP contribution is -2.31. The summed E-state index contributed by atoms with van der Waals surface area (Å²) in [7, 11) is 1.64. The largest absolute Gasteiger partial charge is 0.335 e. The molecule has 0 fully saturated rings. The fourth-order valence-electron chi connectivity index (χ4n) is 1.38. The van der Waals surface area contributed by atoms with E-state index in [-0.39, 0.29) is 0 Å². The molecule has 1 rings (SSSR count). The van der Waals surface area contributed by atoms with Crippen LogP contribution in [0, 0.1) is 6.92 Å². The molecule has 0 radical (unpaired) electrons. The van der Waals surface area contributed by atoms with Gasteiger partial charge in [-0.25, -0.2) is 0 Å². The van der Waals surface area contributed by atoms with Crippen LogP contribution in [0.15, 0.2) is 24.3 Å². The Balaban J connectivity index is 2.75. The fourth-order valence-corrected chi connectivity index (χ4v) is 1.38. The molecule has 3 nitrogen and oxygen atoms in total. The molecule has 0 atom stereocenters. The van der Waals surface area contributed by atoms with Crippen LogP contribution in [-0.2, 0) is 16.1 Å². The number of aryl methyl sites for hydroxylation is 1. The van der Waals surface area contributed by atoms with E-state index in [0.717, 1.165) is 11.1 Å². The zero-order chi connectivity index (χ0) is 11.4. The van der Waals surface area contributed by atoms with Crippen molar-refractivity contribution >= 4 is 11.7 Å². The van der Waals surface area contributed by atoms with Gasteiger partial charge in [-0.3, -0.25) is 9.59 Å². The van der Waals surface area contributed by atoms with Crippen molar-refractivity contribution < 1.29 is 9.59 Å². The lowest BCUT2D eigenvalue weighted by molar-refractivity contribution is -0.143. The average molecular weight is 205 g/mol. The van der Waals surface area contributed by atoms with Crippen LogP contribution >= 0.6 is 0 Å². The van der Waals surface area contributed by atoms with E-state index in [4.69, 9.17) is 0 Å².